The highest BCUT2D eigenvalue weighted by atomic mass is 19.1. The summed E-state index contributed by atoms with van der Waals surface area (Å²) in [6.07, 6.45) is -1.16. The van der Waals surface area contributed by atoms with Gasteiger partial charge >= 0.3 is 12.3 Å². The number of aliphatic carboxylic acids is 1. The molecule has 1 aliphatic rings. The predicted octanol–water partition coefficient (Wildman–Crippen LogP) is -0.797. The van der Waals surface area contributed by atoms with Crippen molar-refractivity contribution in [3.8, 4) is 6.07 Å². The number of carboxylic acids is 1. The average molecular weight is 260 g/mol. The third-order valence-corrected chi connectivity index (χ3v) is 2.78. The van der Waals surface area contributed by atoms with Crippen molar-refractivity contribution in [3.05, 3.63) is 0 Å². The highest BCUT2D eigenvalue weighted by molar-refractivity contribution is 5.70. The van der Waals surface area contributed by atoms with Crippen LogP contribution in [0, 0.1) is 11.3 Å². The number of carbonyl (C=O) groups is 1. The Bertz CT molecular complexity index is 323. The number of rotatable bonds is 6. The van der Waals surface area contributed by atoms with Crippen LogP contribution in [0.15, 0.2) is 0 Å². The molecule has 0 aromatic carbocycles. The number of nitrogens with zero attached hydrogens (tertiary/aromatic N) is 2. The van der Waals surface area contributed by atoms with Crippen LogP contribution in [0.1, 0.15) is 12.8 Å². The SMILES string of the molecule is N#C[C@@H]1CCC(NOC(F)C(=O)O)CN1CCN. The minimum absolute atomic E-state index is 0.202. The fraction of sp³-hybridized carbons (Fsp3) is 0.800. The van der Waals surface area contributed by atoms with Gasteiger partial charge in [-0.3, -0.25) is 9.74 Å². The highest BCUT2D eigenvalue weighted by Crippen LogP contribution is 2.16. The number of nitriles is 1. The number of hydrogen-bond donors (Lipinski definition) is 3. The van der Waals surface area contributed by atoms with E-state index in [4.69, 9.17) is 16.1 Å². The Kier molecular flexibility index (Phi) is 5.94. The van der Waals surface area contributed by atoms with E-state index in [1.165, 1.54) is 0 Å². The van der Waals surface area contributed by atoms with Crippen LogP contribution in [0.4, 0.5) is 4.39 Å². The summed E-state index contributed by atoms with van der Waals surface area (Å²) < 4.78 is 12.7. The monoisotopic (exact) mass is 260 g/mol. The maximum atomic E-state index is 12.7. The zero-order valence-electron chi connectivity index (χ0n) is 9.88. The number of likely N-dealkylation sites (tertiary alicyclic amines) is 1. The van der Waals surface area contributed by atoms with E-state index >= 15 is 0 Å². The van der Waals surface area contributed by atoms with Gasteiger partial charge in [-0.1, -0.05) is 0 Å². The van der Waals surface area contributed by atoms with Crippen molar-refractivity contribution < 1.29 is 19.1 Å². The number of piperidine rings is 1. The first kappa shape index (κ1) is 14.8. The molecule has 2 unspecified atom stereocenters. The van der Waals surface area contributed by atoms with Crippen molar-refractivity contribution in [1.29, 1.82) is 5.26 Å². The summed E-state index contributed by atoms with van der Waals surface area (Å²) >= 11 is 0. The van der Waals surface area contributed by atoms with Gasteiger partial charge in [0.2, 0.25) is 0 Å². The molecule has 1 saturated heterocycles. The van der Waals surface area contributed by atoms with E-state index in [0.29, 0.717) is 32.5 Å². The van der Waals surface area contributed by atoms with Crippen LogP contribution in [-0.2, 0) is 9.63 Å². The molecule has 4 N–H and O–H groups in total. The topological polar surface area (TPSA) is 112 Å². The molecule has 3 atom stereocenters. The van der Waals surface area contributed by atoms with Gasteiger partial charge in [-0.15, -0.1) is 0 Å². The van der Waals surface area contributed by atoms with Crippen molar-refractivity contribution in [3.63, 3.8) is 0 Å². The lowest BCUT2D eigenvalue weighted by Gasteiger charge is -2.36. The second kappa shape index (κ2) is 7.23. The molecule has 0 aromatic rings. The van der Waals surface area contributed by atoms with Gasteiger partial charge in [-0.25, -0.2) is 9.18 Å². The summed E-state index contributed by atoms with van der Waals surface area (Å²) in [5.41, 5.74) is 7.83. The number of carboxylic acid groups (broad SMARTS) is 1. The van der Waals surface area contributed by atoms with Gasteiger partial charge in [0, 0.05) is 25.7 Å². The third-order valence-electron chi connectivity index (χ3n) is 2.78. The van der Waals surface area contributed by atoms with E-state index in [1.807, 2.05) is 4.90 Å². The fourth-order valence-electron chi connectivity index (χ4n) is 1.90. The molecule has 1 aliphatic heterocycles. The maximum absolute atomic E-state index is 12.7. The lowest BCUT2D eigenvalue weighted by molar-refractivity contribution is -0.177. The largest absolute Gasteiger partial charge is 0.477 e. The van der Waals surface area contributed by atoms with Crippen LogP contribution >= 0.6 is 0 Å². The van der Waals surface area contributed by atoms with Gasteiger partial charge in [-0.2, -0.15) is 10.7 Å². The standard InChI is InChI=1S/C10H17FN4O3/c11-9(10(16)17)18-14-7-1-2-8(5-13)15(6-7)4-3-12/h7-9,14H,1-4,6,12H2,(H,16,17)/t7?,8-,9?/m0/s1. The molecule has 0 aliphatic carbocycles. The molecule has 1 heterocycles. The van der Waals surface area contributed by atoms with Gasteiger partial charge < -0.3 is 10.8 Å². The Morgan fingerprint density at radius 2 is 2.44 bits per heavy atom. The molecule has 0 spiro atoms. The molecule has 8 heteroatoms. The summed E-state index contributed by atoms with van der Waals surface area (Å²) in [5, 5.41) is 17.3. The van der Waals surface area contributed by atoms with E-state index < -0.39 is 12.3 Å². The minimum Gasteiger partial charge on any atom is -0.477 e. The first-order valence-electron chi connectivity index (χ1n) is 5.70. The minimum atomic E-state index is -2.39. The summed E-state index contributed by atoms with van der Waals surface area (Å²) in [5.74, 6) is -1.67. The normalized spacial score (nSPS) is 26.5. The molecule has 0 bridgehead atoms. The summed E-state index contributed by atoms with van der Waals surface area (Å²) in [6, 6.07) is 1.76. The number of halogens is 1. The van der Waals surface area contributed by atoms with Crippen LogP contribution in [0.25, 0.3) is 0 Å². The molecule has 0 aromatic heterocycles. The smallest absolute Gasteiger partial charge is 0.367 e. The van der Waals surface area contributed by atoms with Crippen LogP contribution < -0.4 is 11.2 Å². The summed E-state index contributed by atoms with van der Waals surface area (Å²) in [4.78, 5) is 16.5. The lowest BCUT2D eigenvalue weighted by Crippen LogP contribution is -2.52. The zero-order chi connectivity index (χ0) is 13.5. The Morgan fingerprint density at radius 3 is 3.00 bits per heavy atom. The quantitative estimate of drug-likeness (QED) is 0.536. The number of nitrogens with one attached hydrogen (secondary N) is 1. The summed E-state index contributed by atoms with van der Waals surface area (Å²) in [7, 11) is 0. The van der Waals surface area contributed by atoms with Gasteiger partial charge in [0.15, 0.2) is 0 Å². The molecule has 0 radical (unpaired) electrons. The molecule has 102 valence electrons. The van der Waals surface area contributed by atoms with Gasteiger partial charge in [0.25, 0.3) is 0 Å². The van der Waals surface area contributed by atoms with Crippen molar-refractivity contribution >= 4 is 5.97 Å². The number of hydroxylamine groups is 1. The van der Waals surface area contributed by atoms with Gasteiger partial charge in [0.1, 0.15) is 0 Å². The van der Waals surface area contributed by atoms with Crippen molar-refractivity contribution in [2.24, 2.45) is 5.73 Å². The summed E-state index contributed by atoms with van der Waals surface area (Å²) in [6.45, 7) is 1.46. The zero-order valence-corrected chi connectivity index (χ0v) is 9.88. The van der Waals surface area contributed by atoms with E-state index in [9.17, 15) is 9.18 Å². The number of hydrogen-bond acceptors (Lipinski definition) is 6. The first-order chi connectivity index (χ1) is 8.58. The molecule has 7 nitrogen and oxygen atoms in total. The Balaban J connectivity index is 2.41. The van der Waals surface area contributed by atoms with Crippen molar-refractivity contribution in [2.45, 2.75) is 31.3 Å². The Hall–Kier alpha value is -1.27. The van der Waals surface area contributed by atoms with Crippen LogP contribution in [0.2, 0.25) is 0 Å². The van der Waals surface area contributed by atoms with E-state index in [-0.39, 0.29) is 12.1 Å². The van der Waals surface area contributed by atoms with Gasteiger partial charge in [0.05, 0.1) is 12.1 Å². The lowest BCUT2D eigenvalue weighted by atomic mass is 10.00. The van der Waals surface area contributed by atoms with Crippen LogP contribution in [-0.4, -0.2) is 54.1 Å². The number of alkyl halides is 1. The molecular formula is C10H17FN4O3. The highest BCUT2D eigenvalue weighted by Gasteiger charge is 2.28. The van der Waals surface area contributed by atoms with Crippen molar-refractivity contribution in [2.75, 3.05) is 19.6 Å². The molecule has 0 amide bonds. The maximum Gasteiger partial charge on any atom is 0.367 e. The van der Waals surface area contributed by atoms with Crippen molar-refractivity contribution in [1.82, 2.24) is 10.4 Å². The van der Waals surface area contributed by atoms with Crippen LogP contribution in [0.3, 0.4) is 0 Å². The average Bonchev–Trinajstić information content (AvgIpc) is 2.36. The molecule has 1 fully saturated rings. The Morgan fingerprint density at radius 1 is 1.72 bits per heavy atom. The number of nitrogens with two attached hydrogens (primary N) is 1. The second-order valence-corrected chi connectivity index (χ2v) is 4.09. The Labute approximate surface area is 104 Å². The van der Waals surface area contributed by atoms with E-state index in [0.717, 1.165) is 0 Å². The molecule has 0 saturated carbocycles. The van der Waals surface area contributed by atoms with E-state index in [2.05, 4.69) is 16.4 Å². The van der Waals surface area contributed by atoms with Crippen LogP contribution in [0.5, 0.6) is 0 Å². The van der Waals surface area contributed by atoms with Gasteiger partial charge in [-0.05, 0) is 12.8 Å². The second-order valence-electron chi connectivity index (χ2n) is 4.09. The predicted molar refractivity (Wildman–Crippen MR) is 59.8 cm³/mol. The fourth-order valence-corrected chi connectivity index (χ4v) is 1.90. The third kappa shape index (κ3) is 4.19. The van der Waals surface area contributed by atoms with E-state index in [1.54, 1.807) is 0 Å². The molecule has 1 rings (SSSR count). The first-order valence-corrected chi connectivity index (χ1v) is 5.70. The molecular weight excluding hydrogens is 243 g/mol. The molecule has 18 heavy (non-hydrogen) atoms.